The Kier molecular flexibility index (Phi) is 3.61. The zero-order valence-corrected chi connectivity index (χ0v) is 10.1. The molecule has 1 N–H and O–H groups in total. The van der Waals surface area contributed by atoms with Crippen molar-refractivity contribution in [3.8, 4) is 0 Å². The second-order valence-corrected chi connectivity index (χ2v) is 4.82. The van der Waals surface area contributed by atoms with Gasteiger partial charge in [-0.3, -0.25) is 9.58 Å². The highest BCUT2D eigenvalue weighted by Crippen LogP contribution is 2.23. The maximum absolute atomic E-state index is 9.35. The minimum absolute atomic E-state index is 0.286. The fourth-order valence-corrected chi connectivity index (χ4v) is 2.53. The summed E-state index contributed by atoms with van der Waals surface area (Å²) in [6.45, 7) is 4.66. The van der Waals surface area contributed by atoms with E-state index in [1.807, 2.05) is 17.9 Å². The average Bonchev–Trinajstić information content (AvgIpc) is 2.82. The second-order valence-electron chi connectivity index (χ2n) is 4.82. The first-order valence-electron chi connectivity index (χ1n) is 6.03. The maximum Gasteiger partial charge on any atom is 0.0589 e. The molecule has 2 heterocycles. The molecule has 1 fully saturated rings. The first-order chi connectivity index (χ1) is 7.70. The molecular formula is C12H21N3O. The normalized spacial score (nSPS) is 26.4. The van der Waals surface area contributed by atoms with Crippen LogP contribution in [0.1, 0.15) is 18.9 Å². The molecule has 0 aromatic carbocycles. The van der Waals surface area contributed by atoms with Crippen LogP contribution in [0.2, 0.25) is 0 Å². The number of rotatable bonds is 4. The fraction of sp³-hybridized carbons (Fsp3) is 0.750. The molecule has 1 aromatic rings. The Hall–Kier alpha value is -0.870. The summed E-state index contributed by atoms with van der Waals surface area (Å²) in [5, 5.41) is 13.5. The molecule has 0 aliphatic carbocycles. The van der Waals surface area contributed by atoms with E-state index >= 15 is 0 Å². The van der Waals surface area contributed by atoms with Crippen molar-refractivity contribution in [2.75, 3.05) is 19.7 Å². The van der Waals surface area contributed by atoms with Gasteiger partial charge in [0.15, 0.2) is 0 Å². The number of aromatic nitrogens is 2. The van der Waals surface area contributed by atoms with Crippen molar-refractivity contribution in [3.63, 3.8) is 0 Å². The zero-order valence-electron chi connectivity index (χ0n) is 10.1. The average molecular weight is 223 g/mol. The van der Waals surface area contributed by atoms with E-state index in [-0.39, 0.29) is 6.61 Å². The van der Waals surface area contributed by atoms with Crippen LogP contribution in [0.3, 0.4) is 0 Å². The van der Waals surface area contributed by atoms with Crippen molar-refractivity contribution in [1.82, 2.24) is 14.7 Å². The van der Waals surface area contributed by atoms with Crippen LogP contribution in [-0.2, 0) is 13.5 Å². The number of aliphatic hydroxyl groups excluding tert-OH is 1. The quantitative estimate of drug-likeness (QED) is 0.815. The predicted octanol–water partition coefficient (Wildman–Crippen LogP) is 0.665. The molecule has 16 heavy (non-hydrogen) atoms. The van der Waals surface area contributed by atoms with E-state index < -0.39 is 0 Å². The molecule has 1 aliphatic heterocycles. The summed E-state index contributed by atoms with van der Waals surface area (Å²) in [7, 11) is 1.94. The summed E-state index contributed by atoms with van der Waals surface area (Å²) >= 11 is 0. The molecule has 0 amide bonds. The van der Waals surface area contributed by atoms with Gasteiger partial charge < -0.3 is 5.11 Å². The van der Waals surface area contributed by atoms with Gasteiger partial charge in [0.25, 0.3) is 0 Å². The minimum atomic E-state index is 0.286. The summed E-state index contributed by atoms with van der Waals surface area (Å²) in [4.78, 5) is 2.40. The lowest BCUT2D eigenvalue weighted by atomic mass is 10.0. The molecule has 0 spiro atoms. The van der Waals surface area contributed by atoms with Gasteiger partial charge >= 0.3 is 0 Å². The van der Waals surface area contributed by atoms with Gasteiger partial charge in [0.05, 0.1) is 12.8 Å². The molecule has 90 valence electrons. The van der Waals surface area contributed by atoms with E-state index in [1.165, 1.54) is 12.0 Å². The molecule has 1 aliphatic rings. The molecule has 1 aromatic heterocycles. The van der Waals surface area contributed by atoms with Crippen LogP contribution in [-0.4, -0.2) is 45.5 Å². The third-order valence-corrected chi connectivity index (χ3v) is 3.63. The molecule has 2 rings (SSSR count). The molecule has 4 heteroatoms. The highest BCUT2D eigenvalue weighted by molar-refractivity contribution is 5.04. The Morgan fingerprint density at radius 2 is 2.38 bits per heavy atom. The van der Waals surface area contributed by atoms with Crippen LogP contribution in [0.5, 0.6) is 0 Å². The van der Waals surface area contributed by atoms with Crippen LogP contribution in [0.15, 0.2) is 12.4 Å². The Morgan fingerprint density at radius 3 is 3.00 bits per heavy atom. The predicted molar refractivity (Wildman–Crippen MR) is 63.1 cm³/mol. The Balaban J connectivity index is 1.86. The maximum atomic E-state index is 9.35. The van der Waals surface area contributed by atoms with Crippen molar-refractivity contribution in [3.05, 3.63) is 18.0 Å². The second kappa shape index (κ2) is 4.97. The van der Waals surface area contributed by atoms with Crippen molar-refractivity contribution < 1.29 is 5.11 Å². The first-order valence-corrected chi connectivity index (χ1v) is 6.03. The fourth-order valence-electron chi connectivity index (χ4n) is 2.53. The third-order valence-electron chi connectivity index (χ3n) is 3.63. The SMILES string of the molecule is CC1CCN(CCc2cnn(C)c2)C1CO. The van der Waals surface area contributed by atoms with Crippen LogP contribution in [0, 0.1) is 5.92 Å². The Bertz CT molecular complexity index is 337. The van der Waals surface area contributed by atoms with Crippen molar-refractivity contribution >= 4 is 0 Å². The number of hydrogen-bond acceptors (Lipinski definition) is 3. The van der Waals surface area contributed by atoms with E-state index in [4.69, 9.17) is 0 Å². The molecule has 0 bridgehead atoms. The molecule has 1 saturated heterocycles. The van der Waals surface area contributed by atoms with Gasteiger partial charge in [-0.2, -0.15) is 5.10 Å². The van der Waals surface area contributed by atoms with Gasteiger partial charge in [0.2, 0.25) is 0 Å². The van der Waals surface area contributed by atoms with Crippen molar-refractivity contribution in [2.45, 2.75) is 25.8 Å². The van der Waals surface area contributed by atoms with E-state index in [1.54, 1.807) is 0 Å². The van der Waals surface area contributed by atoms with Crippen molar-refractivity contribution in [2.24, 2.45) is 13.0 Å². The van der Waals surface area contributed by atoms with Crippen LogP contribution in [0.25, 0.3) is 0 Å². The molecule has 2 atom stereocenters. The number of aryl methyl sites for hydroxylation is 1. The lowest BCUT2D eigenvalue weighted by Crippen LogP contribution is -2.36. The highest BCUT2D eigenvalue weighted by atomic mass is 16.3. The monoisotopic (exact) mass is 223 g/mol. The lowest BCUT2D eigenvalue weighted by Gasteiger charge is -2.24. The number of aliphatic hydroxyl groups is 1. The summed E-state index contributed by atoms with van der Waals surface area (Å²) < 4.78 is 1.84. The largest absolute Gasteiger partial charge is 0.395 e. The van der Waals surface area contributed by atoms with Crippen molar-refractivity contribution in [1.29, 1.82) is 0 Å². The summed E-state index contributed by atoms with van der Waals surface area (Å²) in [6.07, 6.45) is 6.22. The van der Waals surface area contributed by atoms with Gasteiger partial charge in [0, 0.05) is 25.8 Å². The summed E-state index contributed by atoms with van der Waals surface area (Å²) in [5.41, 5.74) is 1.28. The zero-order chi connectivity index (χ0) is 11.5. The number of likely N-dealkylation sites (tertiary alicyclic amines) is 1. The minimum Gasteiger partial charge on any atom is -0.395 e. The highest BCUT2D eigenvalue weighted by Gasteiger charge is 2.29. The van der Waals surface area contributed by atoms with E-state index in [0.29, 0.717) is 12.0 Å². The summed E-state index contributed by atoms with van der Waals surface area (Å²) in [6, 6.07) is 0.358. The number of nitrogens with zero attached hydrogens (tertiary/aromatic N) is 3. The summed E-state index contributed by atoms with van der Waals surface area (Å²) in [5.74, 6) is 0.624. The smallest absolute Gasteiger partial charge is 0.0589 e. The standard InChI is InChI=1S/C12H21N3O/c1-10-3-5-15(12(10)9-16)6-4-11-7-13-14(2)8-11/h7-8,10,12,16H,3-6,9H2,1-2H3. The third kappa shape index (κ3) is 2.44. The van der Waals surface area contributed by atoms with Crippen LogP contribution >= 0.6 is 0 Å². The van der Waals surface area contributed by atoms with Crippen LogP contribution in [0.4, 0.5) is 0 Å². The van der Waals surface area contributed by atoms with Gasteiger partial charge in [-0.25, -0.2) is 0 Å². The van der Waals surface area contributed by atoms with E-state index in [2.05, 4.69) is 23.1 Å². The molecule has 0 radical (unpaired) electrons. The van der Waals surface area contributed by atoms with Gasteiger partial charge in [-0.05, 0) is 30.9 Å². The van der Waals surface area contributed by atoms with E-state index in [9.17, 15) is 5.11 Å². The Labute approximate surface area is 96.9 Å². The van der Waals surface area contributed by atoms with Gasteiger partial charge in [-0.1, -0.05) is 6.92 Å². The number of hydrogen-bond donors (Lipinski definition) is 1. The topological polar surface area (TPSA) is 41.3 Å². The molecule has 4 nitrogen and oxygen atoms in total. The van der Waals surface area contributed by atoms with Gasteiger partial charge in [0.1, 0.15) is 0 Å². The lowest BCUT2D eigenvalue weighted by molar-refractivity contribution is 0.140. The molecule has 0 saturated carbocycles. The van der Waals surface area contributed by atoms with E-state index in [0.717, 1.165) is 19.5 Å². The Morgan fingerprint density at radius 1 is 1.56 bits per heavy atom. The van der Waals surface area contributed by atoms with Gasteiger partial charge in [-0.15, -0.1) is 0 Å². The first kappa shape index (κ1) is 11.6. The molecular weight excluding hydrogens is 202 g/mol. The van der Waals surface area contributed by atoms with Crippen LogP contribution < -0.4 is 0 Å². The molecule has 2 unspecified atom stereocenters.